The summed E-state index contributed by atoms with van der Waals surface area (Å²) in [4.78, 5) is 16.5. The van der Waals surface area contributed by atoms with E-state index < -0.39 is 0 Å². The fourth-order valence-corrected chi connectivity index (χ4v) is 1.58. The van der Waals surface area contributed by atoms with Crippen molar-refractivity contribution in [1.82, 2.24) is 24.5 Å². The Labute approximate surface area is 123 Å². The molecule has 0 fully saturated rings. The van der Waals surface area contributed by atoms with Gasteiger partial charge in [-0.05, 0) is 22.9 Å². The molecular weight excluding hydrogens is 276 g/mol. The molecule has 0 saturated carbocycles. The monoisotopic (exact) mass is 294 g/mol. The number of imidazole rings is 1. The molecule has 2 rings (SSSR count). The zero-order valence-corrected chi connectivity index (χ0v) is 12.9. The number of nitrogens with zero attached hydrogens (tertiary/aromatic N) is 5. The highest BCUT2D eigenvalue weighted by molar-refractivity contribution is 6.28. The quantitative estimate of drug-likeness (QED) is 0.918. The van der Waals surface area contributed by atoms with Crippen molar-refractivity contribution >= 4 is 17.5 Å². The number of aromatic nitrogens is 5. The number of halogens is 1. The second-order valence-corrected chi connectivity index (χ2v) is 6.03. The molecule has 1 N–H and O–H groups in total. The van der Waals surface area contributed by atoms with Crippen molar-refractivity contribution in [2.24, 2.45) is 11.3 Å². The summed E-state index contributed by atoms with van der Waals surface area (Å²) in [5.41, 5.74) is 0.133. The smallest absolute Gasteiger partial charge is 0.241 e. The SMILES string of the molecule is CC(C)C(C)(C)CNc1nc(Cl)nc(-n2ccnc2)n1. The molecule has 0 spiro atoms. The predicted molar refractivity (Wildman–Crippen MR) is 79.1 cm³/mol. The van der Waals surface area contributed by atoms with Crippen molar-refractivity contribution < 1.29 is 0 Å². The van der Waals surface area contributed by atoms with Gasteiger partial charge in [0, 0.05) is 18.9 Å². The Bertz CT molecular complexity index is 564. The second-order valence-electron chi connectivity index (χ2n) is 5.69. The molecule has 0 amide bonds. The summed E-state index contributed by atoms with van der Waals surface area (Å²) in [6.07, 6.45) is 5.04. The van der Waals surface area contributed by atoms with E-state index >= 15 is 0 Å². The molecule has 0 aliphatic rings. The van der Waals surface area contributed by atoms with E-state index in [1.54, 1.807) is 23.3 Å². The molecule has 0 saturated heterocycles. The predicted octanol–water partition coefficient (Wildman–Crippen LogP) is 2.80. The third-order valence-electron chi connectivity index (χ3n) is 3.60. The van der Waals surface area contributed by atoms with Crippen LogP contribution in [0.3, 0.4) is 0 Å². The molecule has 0 aromatic carbocycles. The van der Waals surface area contributed by atoms with Crippen LogP contribution in [0.15, 0.2) is 18.7 Å². The second kappa shape index (κ2) is 5.75. The largest absolute Gasteiger partial charge is 0.353 e. The maximum absolute atomic E-state index is 5.94. The normalized spacial score (nSPS) is 11.9. The Balaban J connectivity index is 2.17. The van der Waals surface area contributed by atoms with Crippen LogP contribution in [0.5, 0.6) is 0 Å². The molecule has 2 aromatic rings. The van der Waals surface area contributed by atoms with Crippen molar-refractivity contribution in [1.29, 1.82) is 0 Å². The highest BCUT2D eigenvalue weighted by Gasteiger charge is 2.22. The molecule has 2 aromatic heterocycles. The minimum atomic E-state index is 0.133. The highest BCUT2D eigenvalue weighted by Crippen LogP contribution is 2.26. The lowest BCUT2D eigenvalue weighted by Crippen LogP contribution is -2.29. The van der Waals surface area contributed by atoms with Gasteiger partial charge in [-0.2, -0.15) is 15.0 Å². The lowest BCUT2D eigenvalue weighted by atomic mass is 9.81. The Morgan fingerprint density at radius 3 is 2.65 bits per heavy atom. The van der Waals surface area contributed by atoms with E-state index in [0.717, 1.165) is 6.54 Å². The Morgan fingerprint density at radius 2 is 2.05 bits per heavy atom. The van der Waals surface area contributed by atoms with Gasteiger partial charge in [0.2, 0.25) is 17.2 Å². The molecule has 0 radical (unpaired) electrons. The molecule has 2 heterocycles. The summed E-state index contributed by atoms with van der Waals surface area (Å²) in [5.74, 6) is 1.47. The van der Waals surface area contributed by atoms with Gasteiger partial charge in [0.1, 0.15) is 6.33 Å². The maximum atomic E-state index is 5.94. The Kier molecular flexibility index (Phi) is 4.23. The van der Waals surface area contributed by atoms with Crippen molar-refractivity contribution in [2.45, 2.75) is 27.7 Å². The van der Waals surface area contributed by atoms with Gasteiger partial charge < -0.3 is 5.32 Å². The number of hydrogen-bond acceptors (Lipinski definition) is 5. The topological polar surface area (TPSA) is 68.5 Å². The van der Waals surface area contributed by atoms with E-state index in [4.69, 9.17) is 11.6 Å². The molecule has 0 bridgehead atoms. The van der Waals surface area contributed by atoms with Crippen LogP contribution in [-0.2, 0) is 0 Å². The van der Waals surface area contributed by atoms with Crippen molar-refractivity contribution in [3.8, 4) is 5.95 Å². The van der Waals surface area contributed by atoms with E-state index in [1.807, 2.05) is 0 Å². The summed E-state index contributed by atoms with van der Waals surface area (Å²) >= 11 is 5.94. The van der Waals surface area contributed by atoms with Crippen LogP contribution in [-0.4, -0.2) is 31.0 Å². The first kappa shape index (κ1) is 14.7. The molecule has 20 heavy (non-hydrogen) atoms. The van der Waals surface area contributed by atoms with Crippen LogP contribution in [0.2, 0.25) is 5.28 Å². The molecule has 0 aliphatic heterocycles. The van der Waals surface area contributed by atoms with Gasteiger partial charge >= 0.3 is 0 Å². The molecule has 0 aliphatic carbocycles. The van der Waals surface area contributed by atoms with Crippen LogP contribution in [0.4, 0.5) is 5.95 Å². The first-order valence-corrected chi connectivity index (χ1v) is 6.90. The minimum absolute atomic E-state index is 0.133. The molecule has 7 heteroatoms. The molecule has 108 valence electrons. The first-order chi connectivity index (χ1) is 9.38. The zero-order valence-electron chi connectivity index (χ0n) is 12.1. The summed E-state index contributed by atoms with van der Waals surface area (Å²) in [7, 11) is 0. The van der Waals surface area contributed by atoms with Crippen molar-refractivity contribution in [3.05, 3.63) is 24.0 Å². The average molecular weight is 295 g/mol. The number of rotatable bonds is 5. The number of hydrogen-bond donors (Lipinski definition) is 1. The lowest BCUT2D eigenvalue weighted by Gasteiger charge is -2.29. The van der Waals surface area contributed by atoms with Crippen molar-refractivity contribution in [2.75, 3.05) is 11.9 Å². The van der Waals surface area contributed by atoms with Gasteiger partial charge in [0.15, 0.2) is 0 Å². The van der Waals surface area contributed by atoms with E-state index in [-0.39, 0.29) is 10.7 Å². The van der Waals surface area contributed by atoms with Gasteiger partial charge in [0.05, 0.1) is 0 Å². The van der Waals surface area contributed by atoms with Gasteiger partial charge in [-0.15, -0.1) is 0 Å². The third kappa shape index (κ3) is 3.45. The van der Waals surface area contributed by atoms with Gasteiger partial charge in [0.25, 0.3) is 0 Å². The number of anilines is 1. The van der Waals surface area contributed by atoms with Gasteiger partial charge in [-0.3, -0.25) is 4.57 Å². The molecule has 6 nitrogen and oxygen atoms in total. The van der Waals surface area contributed by atoms with Crippen molar-refractivity contribution in [3.63, 3.8) is 0 Å². The highest BCUT2D eigenvalue weighted by atomic mass is 35.5. The summed E-state index contributed by atoms with van der Waals surface area (Å²) in [6.45, 7) is 9.54. The van der Waals surface area contributed by atoms with Crippen LogP contribution in [0.25, 0.3) is 5.95 Å². The van der Waals surface area contributed by atoms with Crippen LogP contribution in [0, 0.1) is 11.3 Å². The maximum Gasteiger partial charge on any atom is 0.241 e. The van der Waals surface area contributed by atoms with E-state index in [0.29, 0.717) is 17.8 Å². The summed E-state index contributed by atoms with van der Waals surface area (Å²) < 4.78 is 1.69. The van der Waals surface area contributed by atoms with Crippen LogP contribution in [0.1, 0.15) is 27.7 Å². The van der Waals surface area contributed by atoms with Gasteiger partial charge in [-0.1, -0.05) is 27.7 Å². The average Bonchev–Trinajstić information content (AvgIpc) is 2.89. The zero-order chi connectivity index (χ0) is 14.8. The first-order valence-electron chi connectivity index (χ1n) is 6.52. The minimum Gasteiger partial charge on any atom is -0.353 e. The molecule has 0 atom stereocenters. The lowest BCUT2D eigenvalue weighted by molar-refractivity contribution is 0.269. The molecular formula is C13H19ClN6. The summed E-state index contributed by atoms with van der Waals surface area (Å²) in [6, 6.07) is 0. The fourth-order valence-electron chi connectivity index (χ4n) is 1.42. The third-order valence-corrected chi connectivity index (χ3v) is 3.77. The molecule has 0 unspecified atom stereocenters. The Hall–Kier alpha value is -1.69. The van der Waals surface area contributed by atoms with Gasteiger partial charge in [-0.25, -0.2) is 4.98 Å². The fraction of sp³-hybridized carbons (Fsp3) is 0.538. The van der Waals surface area contributed by atoms with Crippen LogP contribution >= 0.6 is 11.6 Å². The van der Waals surface area contributed by atoms with E-state index in [9.17, 15) is 0 Å². The van der Waals surface area contributed by atoms with Crippen LogP contribution < -0.4 is 5.32 Å². The van der Waals surface area contributed by atoms with E-state index in [1.165, 1.54) is 0 Å². The number of nitrogens with one attached hydrogen (secondary N) is 1. The summed E-state index contributed by atoms with van der Waals surface area (Å²) in [5, 5.41) is 3.39. The van der Waals surface area contributed by atoms with E-state index in [2.05, 4.69) is 52.9 Å². The Morgan fingerprint density at radius 1 is 1.30 bits per heavy atom. The standard InChI is InChI=1S/C13H19ClN6/c1-9(2)13(3,4)7-16-11-17-10(14)18-12(19-11)20-6-5-15-8-20/h5-6,8-9H,7H2,1-4H3,(H,16,17,18,19).